The van der Waals surface area contributed by atoms with E-state index in [1.165, 1.54) is 4.90 Å². The van der Waals surface area contributed by atoms with E-state index in [0.717, 1.165) is 44.2 Å². The molecule has 6 aromatic rings. The van der Waals surface area contributed by atoms with Crippen molar-refractivity contribution in [2.24, 2.45) is 16.8 Å². The third-order valence-electron chi connectivity index (χ3n) is 10.3. The Bertz CT molecular complexity index is 2100. The molecule has 0 spiro atoms. The Balaban J connectivity index is 1.30. The van der Waals surface area contributed by atoms with Gasteiger partial charge < -0.3 is 0 Å². The van der Waals surface area contributed by atoms with Crippen molar-refractivity contribution >= 4 is 34.5 Å². The summed E-state index contributed by atoms with van der Waals surface area (Å²) in [7, 11) is 0. The molecule has 1 aliphatic heterocycles. The number of amides is 2. The van der Waals surface area contributed by atoms with E-state index in [2.05, 4.69) is 48.5 Å². The molecule has 46 heavy (non-hydrogen) atoms. The molecule has 4 nitrogen and oxygen atoms in total. The highest BCUT2D eigenvalue weighted by Crippen LogP contribution is 2.64. The molecule has 1 saturated heterocycles. The van der Waals surface area contributed by atoms with Crippen molar-refractivity contribution < 1.29 is 9.59 Å². The molecule has 0 aromatic heterocycles. The molecular weight excluding hydrogens is 564 g/mol. The Hall–Kier alpha value is -5.61. The fourth-order valence-corrected chi connectivity index (χ4v) is 8.52. The molecule has 0 unspecified atom stereocenters. The topological polar surface area (TPSA) is 49.7 Å². The summed E-state index contributed by atoms with van der Waals surface area (Å²) < 4.78 is 0. The first-order valence-electron chi connectivity index (χ1n) is 15.9. The molecule has 2 amide bonds. The van der Waals surface area contributed by atoms with Crippen LogP contribution in [0.3, 0.4) is 0 Å². The monoisotopic (exact) mass is 594 g/mol. The minimum absolute atomic E-state index is 0.138. The van der Waals surface area contributed by atoms with Gasteiger partial charge in [-0.2, -0.15) is 0 Å². The molecular formula is C42H30N2O2. The number of carbonyl (C=O) groups is 2. The van der Waals surface area contributed by atoms with Crippen molar-refractivity contribution in [1.82, 2.24) is 0 Å². The maximum Gasteiger partial charge on any atom is 0.239 e. The number of aliphatic imine (C=N–C) groups is 1. The highest BCUT2D eigenvalue weighted by atomic mass is 16.2. The number of benzene rings is 6. The fourth-order valence-electron chi connectivity index (χ4n) is 8.52. The quantitative estimate of drug-likeness (QED) is 0.149. The minimum atomic E-state index is -0.930. The van der Waals surface area contributed by atoms with Crippen LogP contribution in [0, 0.1) is 11.8 Å². The van der Waals surface area contributed by atoms with Gasteiger partial charge in [-0.15, -0.1) is 0 Å². The van der Waals surface area contributed by atoms with Gasteiger partial charge in [0, 0.05) is 17.5 Å². The van der Waals surface area contributed by atoms with E-state index in [1.807, 2.05) is 109 Å². The number of carbonyl (C=O) groups excluding carboxylic acids is 2. The van der Waals surface area contributed by atoms with Crippen LogP contribution in [0.25, 0.3) is 10.8 Å². The second-order valence-electron chi connectivity index (χ2n) is 12.5. The van der Waals surface area contributed by atoms with Gasteiger partial charge in [0.25, 0.3) is 0 Å². The van der Waals surface area contributed by atoms with E-state index in [1.54, 1.807) is 0 Å². The van der Waals surface area contributed by atoms with E-state index in [-0.39, 0.29) is 23.8 Å². The van der Waals surface area contributed by atoms with Crippen molar-refractivity contribution in [1.29, 1.82) is 0 Å². The molecule has 220 valence electrons. The lowest BCUT2D eigenvalue weighted by atomic mass is 9.47. The summed E-state index contributed by atoms with van der Waals surface area (Å²) in [5.74, 6) is -1.70. The standard InChI is InChI=1S/C42H30N2O2/c45-40-37-36-31-21-9-11-23-33(31)42(34-24-12-10-22-32(34)36,26-43-39(28-15-3-1-4-16-28)29-17-5-2-6-18-29)38(37)41(46)44(40)35-25-13-19-27-14-7-8-20-30(27)35/h1-26,36-39H/t36?,37-,38-,42?/m0/s1. The lowest BCUT2D eigenvalue weighted by Crippen LogP contribution is -2.54. The first kappa shape index (κ1) is 26.8. The second kappa shape index (κ2) is 10.2. The zero-order valence-corrected chi connectivity index (χ0v) is 25.0. The maximum atomic E-state index is 15.0. The predicted octanol–water partition coefficient (Wildman–Crippen LogP) is 8.25. The first-order chi connectivity index (χ1) is 22.7. The van der Waals surface area contributed by atoms with Crippen LogP contribution in [0.4, 0.5) is 5.69 Å². The predicted molar refractivity (Wildman–Crippen MR) is 182 cm³/mol. The highest BCUT2D eigenvalue weighted by molar-refractivity contribution is 6.27. The fraction of sp³-hybridized carbons (Fsp3) is 0.119. The average Bonchev–Trinajstić information content (AvgIpc) is 3.39. The number of anilines is 1. The van der Waals surface area contributed by atoms with Crippen molar-refractivity contribution in [3.8, 4) is 0 Å². The van der Waals surface area contributed by atoms with Crippen LogP contribution < -0.4 is 4.90 Å². The van der Waals surface area contributed by atoms with Gasteiger partial charge in [0.1, 0.15) is 0 Å². The summed E-state index contributed by atoms with van der Waals surface area (Å²) in [4.78, 5) is 36.7. The zero-order chi connectivity index (χ0) is 30.8. The molecule has 10 rings (SSSR count). The van der Waals surface area contributed by atoms with Crippen molar-refractivity contribution in [3.05, 3.63) is 185 Å². The van der Waals surface area contributed by atoms with E-state index >= 15 is 4.79 Å². The number of hydrogen-bond acceptors (Lipinski definition) is 3. The van der Waals surface area contributed by atoms with Crippen LogP contribution in [-0.2, 0) is 15.0 Å². The Morgan fingerprint density at radius 1 is 0.587 bits per heavy atom. The number of hydrogen-bond donors (Lipinski definition) is 0. The van der Waals surface area contributed by atoms with Gasteiger partial charge in [-0.3, -0.25) is 14.6 Å². The summed E-state index contributed by atoms with van der Waals surface area (Å²) in [5.41, 5.74) is 6.17. The molecule has 0 N–H and O–H groups in total. The molecule has 4 aliphatic rings. The zero-order valence-electron chi connectivity index (χ0n) is 25.0. The van der Waals surface area contributed by atoms with Crippen molar-refractivity contribution in [3.63, 3.8) is 0 Å². The van der Waals surface area contributed by atoms with Gasteiger partial charge >= 0.3 is 0 Å². The van der Waals surface area contributed by atoms with Gasteiger partial charge in [0.05, 0.1) is 29.0 Å². The molecule has 2 atom stereocenters. The van der Waals surface area contributed by atoms with Crippen LogP contribution in [0.1, 0.15) is 45.3 Å². The van der Waals surface area contributed by atoms with Crippen molar-refractivity contribution in [2.75, 3.05) is 4.90 Å². The lowest BCUT2D eigenvalue weighted by Gasteiger charge is -2.52. The van der Waals surface area contributed by atoms with Gasteiger partial charge in [0.15, 0.2) is 0 Å². The number of rotatable bonds is 5. The van der Waals surface area contributed by atoms with Crippen LogP contribution >= 0.6 is 0 Å². The molecule has 1 fully saturated rings. The number of nitrogens with zero attached hydrogens (tertiary/aromatic N) is 2. The molecule has 1 heterocycles. The summed E-state index contributed by atoms with van der Waals surface area (Å²) in [6, 6.07) is 50.8. The Kier molecular flexibility index (Phi) is 5.94. The van der Waals surface area contributed by atoms with Gasteiger partial charge in [-0.25, -0.2) is 4.90 Å². The summed E-state index contributed by atoms with van der Waals surface area (Å²) >= 11 is 0. The summed E-state index contributed by atoms with van der Waals surface area (Å²) in [5, 5.41) is 1.89. The Morgan fingerprint density at radius 3 is 1.78 bits per heavy atom. The minimum Gasteiger partial charge on any atom is -0.283 e. The molecule has 3 aliphatic carbocycles. The Morgan fingerprint density at radius 2 is 1.13 bits per heavy atom. The van der Waals surface area contributed by atoms with E-state index in [0.29, 0.717) is 5.69 Å². The molecule has 4 heteroatoms. The van der Waals surface area contributed by atoms with Crippen LogP contribution in [0.2, 0.25) is 0 Å². The molecule has 2 bridgehead atoms. The van der Waals surface area contributed by atoms with Crippen LogP contribution in [-0.4, -0.2) is 18.0 Å². The van der Waals surface area contributed by atoms with Crippen LogP contribution in [0.5, 0.6) is 0 Å². The average molecular weight is 595 g/mol. The molecule has 0 saturated carbocycles. The number of fused-ring (bicyclic) bond motifs is 1. The highest BCUT2D eigenvalue weighted by Gasteiger charge is 2.68. The molecule has 0 radical (unpaired) electrons. The summed E-state index contributed by atoms with van der Waals surface area (Å²) in [6.45, 7) is 0. The lowest BCUT2D eigenvalue weighted by molar-refractivity contribution is -0.122. The van der Waals surface area contributed by atoms with Crippen molar-refractivity contribution in [2.45, 2.75) is 17.4 Å². The normalized spacial score (nSPS) is 22.8. The van der Waals surface area contributed by atoms with E-state index in [9.17, 15) is 4.79 Å². The van der Waals surface area contributed by atoms with E-state index < -0.39 is 17.3 Å². The Labute approximate surface area is 267 Å². The van der Waals surface area contributed by atoms with Gasteiger partial charge in [0.2, 0.25) is 11.8 Å². The summed E-state index contributed by atoms with van der Waals surface area (Å²) in [6.07, 6.45) is 2.03. The van der Waals surface area contributed by atoms with Gasteiger partial charge in [-0.1, -0.05) is 146 Å². The van der Waals surface area contributed by atoms with Gasteiger partial charge in [-0.05, 0) is 44.8 Å². The first-order valence-corrected chi connectivity index (χ1v) is 15.9. The second-order valence-corrected chi connectivity index (χ2v) is 12.5. The largest absolute Gasteiger partial charge is 0.283 e. The third kappa shape index (κ3) is 3.64. The third-order valence-corrected chi connectivity index (χ3v) is 10.3. The number of imide groups is 1. The molecule has 6 aromatic carbocycles. The smallest absolute Gasteiger partial charge is 0.239 e. The van der Waals surface area contributed by atoms with E-state index in [4.69, 9.17) is 4.99 Å². The maximum absolute atomic E-state index is 15.0. The van der Waals surface area contributed by atoms with Crippen LogP contribution in [0.15, 0.2) is 157 Å². The SMILES string of the molecule is O=C1[C@@H]2[C@@H](C(=O)N1c1cccc3ccccc13)C1c3ccccc3C2(C=NC(c2ccccc2)c2ccccc2)c2ccccc21.